The average Bonchev–Trinajstić information content (AvgIpc) is 2.49. The molecular weight excluding hydrogens is 272 g/mol. The standard InChI is InChI=1S/C16H14O5/c1-2-10-5-3-4-6-11(10)9-21-16(20)12-7-13(17)15(19)14(18)8-12/h2-8,17-19H,1,9H2. The molecule has 0 aliphatic rings. The molecule has 108 valence electrons. The number of esters is 1. The van der Waals surface area contributed by atoms with Gasteiger partial charge < -0.3 is 20.1 Å². The zero-order valence-electron chi connectivity index (χ0n) is 11.1. The highest BCUT2D eigenvalue weighted by atomic mass is 16.5. The number of aromatic hydroxyl groups is 3. The van der Waals surface area contributed by atoms with Crippen molar-refractivity contribution >= 4 is 12.0 Å². The van der Waals surface area contributed by atoms with Crippen molar-refractivity contribution in [3.63, 3.8) is 0 Å². The van der Waals surface area contributed by atoms with Crippen LogP contribution in [-0.2, 0) is 11.3 Å². The van der Waals surface area contributed by atoms with Crippen LogP contribution in [0.4, 0.5) is 0 Å². The van der Waals surface area contributed by atoms with E-state index in [1.165, 1.54) is 0 Å². The van der Waals surface area contributed by atoms with Crippen LogP contribution in [0.25, 0.3) is 6.08 Å². The van der Waals surface area contributed by atoms with Crippen molar-refractivity contribution < 1.29 is 24.9 Å². The van der Waals surface area contributed by atoms with Crippen molar-refractivity contribution in [2.24, 2.45) is 0 Å². The first kappa shape index (κ1) is 14.5. The number of carbonyl (C=O) groups excluding carboxylic acids is 1. The summed E-state index contributed by atoms with van der Waals surface area (Å²) >= 11 is 0. The molecule has 0 aromatic heterocycles. The van der Waals surface area contributed by atoms with Crippen LogP contribution in [-0.4, -0.2) is 21.3 Å². The number of phenols is 3. The van der Waals surface area contributed by atoms with Gasteiger partial charge in [-0.25, -0.2) is 4.79 Å². The molecule has 0 saturated carbocycles. The molecule has 2 aromatic rings. The Kier molecular flexibility index (Phi) is 4.13. The molecule has 3 N–H and O–H groups in total. The Bertz CT molecular complexity index is 668. The lowest BCUT2D eigenvalue weighted by Gasteiger charge is -2.09. The van der Waals surface area contributed by atoms with Gasteiger partial charge >= 0.3 is 5.97 Å². The maximum Gasteiger partial charge on any atom is 0.338 e. The second-order valence-corrected chi connectivity index (χ2v) is 4.34. The van der Waals surface area contributed by atoms with E-state index in [2.05, 4.69) is 6.58 Å². The predicted octanol–water partition coefficient (Wildman–Crippen LogP) is 2.80. The van der Waals surface area contributed by atoms with Crippen LogP contribution >= 0.6 is 0 Å². The second kappa shape index (κ2) is 6.00. The van der Waals surface area contributed by atoms with E-state index in [0.717, 1.165) is 23.3 Å². The third kappa shape index (κ3) is 3.14. The summed E-state index contributed by atoms with van der Waals surface area (Å²) in [6.45, 7) is 3.71. The molecule has 0 fully saturated rings. The van der Waals surface area contributed by atoms with Crippen molar-refractivity contribution in [3.05, 3.63) is 59.7 Å². The Hall–Kier alpha value is -2.95. The lowest BCUT2D eigenvalue weighted by Crippen LogP contribution is -2.06. The zero-order chi connectivity index (χ0) is 15.4. The van der Waals surface area contributed by atoms with Crippen molar-refractivity contribution in [1.82, 2.24) is 0 Å². The fourth-order valence-electron chi connectivity index (χ4n) is 1.81. The second-order valence-electron chi connectivity index (χ2n) is 4.34. The van der Waals surface area contributed by atoms with Crippen LogP contribution in [0, 0.1) is 0 Å². The number of ether oxygens (including phenoxy) is 1. The normalized spacial score (nSPS) is 10.1. The van der Waals surface area contributed by atoms with Crippen LogP contribution in [0.3, 0.4) is 0 Å². The molecule has 5 nitrogen and oxygen atoms in total. The van der Waals surface area contributed by atoms with E-state index in [1.807, 2.05) is 18.2 Å². The number of phenolic OH excluding ortho intramolecular Hbond substituents is 3. The maximum atomic E-state index is 11.9. The van der Waals surface area contributed by atoms with Gasteiger partial charge in [0.05, 0.1) is 5.56 Å². The van der Waals surface area contributed by atoms with Crippen molar-refractivity contribution in [2.75, 3.05) is 0 Å². The summed E-state index contributed by atoms with van der Waals surface area (Å²) in [5, 5.41) is 28.0. The van der Waals surface area contributed by atoms with Gasteiger partial charge in [-0.2, -0.15) is 0 Å². The molecule has 0 amide bonds. The summed E-state index contributed by atoms with van der Waals surface area (Å²) in [6, 6.07) is 9.35. The first-order valence-electron chi connectivity index (χ1n) is 6.15. The Morgan fingerprint density at radius 3 is 2.38 bits per heavy atom. The smallest absolute Gasteiger partial charge is 0.338 e. The minimum absolute atomic E-state index is 0.0312. The average molecular weight is 286 g/mol. The molecule has 0 atom stereocenters. The van der Waals surface area contributed by atoms with E-state index in [1.54, 1.807) is 12.1 Å². The summed E-state index contributed by atoms with van der Waals surface area (Å²) in [5.41, 5.74) is 1.58. The van der Waals surface area contributed by atoms with E-state index in [9.17, 15) is 20.1 Å². The van der Waals surface area contributed by atoms with Crippen molar-refractivity contribution in [1.29, 1.82) is 0 Å². The van der Waals surface area contributed by atoms with Gasteiger partial charge in [-0.1, -0.05) is 36.9 Å². The van der Waals surface area contributed by atoms with Gasteiger partial charge in [-0.3, -0.25) is 0 Å². The van der Waals surface area contributed by atoms with Crippen LogP contribution in [0.15, 0.2) is 43.0 Å². The van der Waals surface area contributed by atoms with E-state index >= 15 is 0 Å². The van der Waals surface area contributed by atoms with Crippen LogP contribution in [0.2, 0.25) is 0 Å². The Balaban J connectivity index is 2.14. The van der Waals surface area contributed by atoms with Crippen molar-refractivity contribution in [3.8, 4) is 17.2 Å². The van der Waals surface area contributed by atoms with Gasteiger partial charge in [0.2, 0.25) is 0 Å². The fourth-order valence-corrected chi connectivity index (χ4v) is 1.81. The predicted molar refractivity (Wildman–Crippen MR) is 77.1 cm³/mol. The van der Waals surface area contributed by atoms with E-state index in [4.69, 9.17) is 4.74 Å². The lowest BCUT2D eigenvalue weighted by atomic mass is 10.1. The van der Waals surface area contributed by atoms with E-state index in [-0.39, 0.29) is 12.2 Å². The Labute approximate surface area is 121 Å². The lowest BCUT2D eigenvalue weighted by molar-refractivity contribution is 0.0471. The SMILES string of the molecule is C=Cc1ccccc1COC(=O)c1cc(O)c(O)c(O)c1. The number of benzene rings is 2. The molecule has 21 heavy (non-hydrogen) atoms. The Morgan fingerprint density at radius 2 is 1.76 bits per heavy atom. The Morgan fingerprint density at radius 1 is 1.14 bits per heavy atom. The van der Waals surface area contributed by atoms with E-state index < -0.39 is 23.2 Å². The highest BCUT2D eigenvalue weighted by Gasteiger charge is 2.15. The minimum atomic E-state index is -0.723. The molecule has 0 bridgehead atoms. The van der Waals surface area contributed by atoms with Gasteiger partial charge in [-0.15, -0.1) is 0 Å². The third-order valence-corrected chi connectivity index (χ3v) is 2.94. The molecule has 0 heterocycles. The topological polar surface area (TPSA) is 87.0 Å². The molecule has 2 rings (SSSR count). The summed E-state index contributed by atoms with van der Waals surface area (Å²) < 4.78 is 5.12. The number of carbonyl (C=O) groups is 1. The third-order valence-electron chi connectivity index (χ3n) is 2.94. The largest absolute Gasteiger partial charge is 0.504 e. The quantitative estimate of drug-likeness (QED) is 0.594. The molecule has 0 spiro atoms. The van der Waals surface area contributed by atoms with Gasteiger partial charge in [0, 0.05) is 0 Å². The number of hydrogen-bond donors (Lipinski definition) is 3. The number of rotatable bonds is 4. The summed E-state index contributed by atoms with van der Waals surface area (Å²) in [4.78, 5) is 11.9. The first-order valence-corrected chi connectivity index (χ1v) is 6.15. The molecule has 0 radical (unpaired) electrons. The monoisotopic (exact) mass is 286 g/mol. The minimum Gasteiger partial charge on any atom is -0.504 e. The van der Waals surface area contributed by atoms with Gasteiger partial charge in [0.1, 0.15) is 6.61 Å². The summed E-state index contributed by atoms with van der Waals surface area (Å²) in [5.74, 6) is -2.58. The van der Waals surface area contributed by atoms with Crippen molar-refractivity contribution in [2.45, 2.75) is 6.61 Å². The van der Waals surface area contributed by atoms with E-state index in [0.29, 0.717) is 0 Å². The fraction of sp³-hybridized carbons (Fsp3) is 0.0625. The highest BCUT2D eigenvalue weighted by molar-refractivity contribution is 5.91. The number of hydrogen-bond acceptors (Lipinski definition) is 5. The first-order chi connectivity index (χ1) is 10.0. The molecule has 0 aliphatic heterocycles. The van der Waals surface area contributed by atoms with Gasteiger partial charge in [0.15, 0.2) is 17.2 Å². The van der Waals surface area contributed by atoms with Crippen LogP contribution in [0.1, 0.15) is 21.5 Å². The van der Waals surface area contributed by atoms with Crippen LogP contribution in [0.5, 0.6) is 17.2 Å². The molecule has 0 aliphatic carbocycles. The molecule has 0 saturated heterocycles. The summed E-state index contributed by atoms with van der Waals surface area (Å²) in [6.07, 6.45) is 1.65. The maximum absolute atomic E-state index is 11.9. The highest BCUT2D eigenvalue weighted by Crippen LogP contribution is 2.35. The van der Waals surface area contributed by atoms with Crippen LogP contribution < -0.4 is 0 Å². The zero-order valence-corrected chi connectivity index (χ0v) is 11.1. The van der Waals surface area contributed by atoms with Gasteiger partial charge in [0.25, 0.3) is 0 Å². The molecule has 0 unspecified atom stereocenters. The van der Waals surface area contributed by atoms with Gasteiger partial charge in [-0.05, 0) is 23.3 Å². The summed E-state index contributed by atoms with van der Waals surface area (Å²) in [7, 11) is 0. The molecule has 5 heteroatoms. The molecular formula is C16H14O5. The molecule has 2 aromatic carbocycles.